The molecule has 1 aliphatic heterocycles. The Morgan fingerprint density at radius 3 is 2.70 bits per heavy atom. The van der Waals surface area contributed by atoms with E-state index >= 15 is 0 Å². The first kappa shape index (κ1) is 15.9. The van der Waals surface area contributed by atoms with Crippen molar-refractivity contribution in [2.45, 2.75) is 12.6 Å². The van der Waals surface area contributed by atoms with Gasteiger partial charge in [0.1, 0.15) is 6.54 Å². The molecule has 1 aliphatic rings. The third-order valence-electron chi connectivity index (χ3n) is 3.86. The number of hydrogen-bond donors (Lipinski definition) is 1. The maximum atomic E-state index is 12.1. The van der Waals surface area contributed by atoms with Crippen molar-refractivity contribution in [2.24, 2.45) is 0 Å². The number of aromatic nitrogens is 1. The van der Waals surface area contributed by atoms with Gasteiger partial charge in [-0.2, -0.15) is 0 Å². The second-order valence-corrected chi connectivity index (χ2v) is 6.29. The van der Waals surface area contributed by atoms with Gasteiger partial charge in [-0.3, -0.25) is 9.59 Å². The zero-order chi connectivity index (χ0) is 16.6. The fourth-order valence-electron chi connectivity index (χ4n) is 2.63. The van der Waals surface area contributed by atoms with Gasteiger partial charge in [0.05, 0.1) is 21.6 Å². The molecule has 120 valence electrons. The minimum Gasteiger partial charge on any atom is -0.348 e. The van der Waals surface area contributed by atoms with Gasteiger partial charge in [0.25, 0.3) is 0 Å². The first-order valence-electron chi connectivity index (χ1n) is 7.12. The summed E-state index contributed by atoms with van der Waals surface area (Å²) in [6, 6.07) is 5.41. The van der Waals surface area contributed by atoms with E-state index < -0.39 is 0 Å². The van der Waals surface area contributed by atoms with Crippen LogP contribution in [0.1, 0.15) is 0 Å². The van der Waals surface area contributed by atoms with Gasteiger partial charge in [0, 0.05) is 24.7 Å². The molecule has 1 N–H and O–H groups in total. The van der Waals surface area contributed by atoms with E-state index in [0.717, 1.165) is 10.9 Å². The fraction of sp³-hybridized carbons (Fsp3) is 0.250. The molecule has 1 aromatic heterocycles. The van der Waals surface area contributed by atoms with E-state index in [9.17, 15) is 9.59 Å². The molecule has 0 radical (unpaired) electrons. The summed E-state index contributed by atoms with van der Waals surface area (Å²) in [5.74, 6) is -0.220. The maximum Gasteiger partial charge on any atom is 0.246 e. The lowest BCUT2D eigenvalue weighted by molar-refractivity contribution is -0.133. The molecule has 2 amide bonds. The average Bonchev–Trinajstić information content (AvgIpc) is 2.84. The van der Waals surface area contributed by atoms with Crippen molar-refractivity contribution >= 4 is 45.9 Å². The van der Waals surface area contributed by atoms with Crippen molar-refractivity contribution in [3.05, 3.63) is 47.1 Å². The van der Waals surface area contributed by atoms with Gasteiger partial charge in [-0.1, -0.05) is 29.8 Å². The van der Waals surface area contributed by atoms with E-state index in [-0.39, 0.29) is 24.4 Å². The van der Waals surface area contributed by atoms with Crippen LogP contribution >= 0.6 is 23.2 Å². The van der Waals surface area contributed by atoms with Crippen molar-refractivity contribution in [3.63, 3.8) is 0 Å². The van der Waals surface area contributed by atoms with Crippen LogP contribution in [0.4, 0.5) is 0 Å². The Labute approximate surface area is 143 Å². The third kappa shape index (κ3) is 3.21. The van der Waals surface area contributed by atoms with Crippen LogP contribution in [0.3, 0.4) is 0 Å². The molecule has 7 heteroatoms. The molecule has 1 fully saturated rings. The normalized spacial score (nSPS) is 14.6. The highest BCUT2D eigenvalue weighted by atomic mass is 35.5. The highest BCUT2D eigenvalue weighted by Gasteiger charge is 2.30. The highest BCUT2D eigenvalue weighted by molar-refractivity contribution is 6.42. The Morgan fingerprint density at radius 2 is 2.00 bits per heavy atom. The second kappa shape index (κ2) is 6.26. The van der Waals surface area contributed by atoms with E-state index in [0.29, 0.717) is 23.1 Å². The molecule has 1 aromatic carbocycles. The number of amides is 2. The monoisotopic (exact) mass is 351 g/mol. The molecule has 0 saturated carbocycles. The minimum atomic E-state index is -0.113. The number of carbonyl (C=O) groups excluding carboxylic acids is 2. The summed E-state index contributed by atoms with van der Waals surface area (Å²) >= 11 is 12.0. The lowest BCUT2D eigenvalue weighted by Crippen LogP contribution is -2.61. The van der Waals surface area contributed by atoms with Crippen molar-refractivity contribution in [3.8, 4) is 0 Å². The number of benzene rings is 1. The summed E-state index contributed by atoms with van der Waals surface area (Å²) in [5.41, 5.74) is 0.853. The highest BCUT2D eigenvalue weighted by Crippen LogP contribution is 2.28. The summed E-state index contributed by atoms with van der Waals surface area (Å²) < 4.78 is 1.82. The van der Waals surface area contributed by atoms with Crippen molar-refractivity contribution in [1.29, 1.82) is 0 Å². The first-order valence-corrected chi connectivity index (χ1v) is 7.88. The first-order chi connectivity index (χ1) is 11.0. The Morgan fingerprint density at radius 1 is 1.30 bits per heavy atom. The van der Waals surface area contributed by atoms with E-state index in [1.54, 1.807) is 17.0 Å². The smallest absolute Gasteiger partial charge is 0.246 e. The van der Waals surface area contributed by atoms with Crippen LogP contribution in [0.2, 0.25) is 10.0 Å². The molecule has 5 nitrogen and oxygen atoms in total. The van der Waals surface area contributed by atoms with Gasteiger partial charge < -0.3 is 14.8 Å². The van der Waals surface area contributed by atoms with Crippen LogP contribution in [0.5, 0.6) is 0 Å². The molecule has 2 heterocycles. The summed E-state index contributed by atoms with van der Waals surface area (Å²) in [4.78, 5) is 25.1. The van der Waals surface area contributed by atoms with Crippen LogP contribution < -0.4 is 5.32 Å². The van der Waals surface area contributed by atoms with Crippen LogP contribution in [0, 0.1) is 0 Å². The quantitative estimate of drug-likeness (QED) is 0.860. The van der Waals surface area contributed by atoms with E-state index in [1.165, 1.54) is 6.08 Å². The number of nitrogens with one attached hydrogen (secondary N) is 1. The van der Waals surface area contributed by atoms with Gasteiger partial charge in [0.2, 0.25) is 11.8 Å². The van der Waals surface area contributed by atoms with E-state index in [2.05, 4.69) is 11.9 Å². The zero-order valence-electron chi connectivity index (χ0n) is 12.3. The van der Waals surface area contributed by atoms with Gasteiger partial charge in [0.15, 0.2) is 0 Å². The number of halogens is 2. The Bertz CT molecular complexity index is 794. The Balaban J connectivity index is 1.62. The molecule has 3 rings (SSSR count). The average molecular weight is 352 g/mol. The molecule has 2 aromatic rings. The predicted molar refractivity (Wildman–Crippen MR) is 90.7 cm³/mol. The second-order valence-electron chi connectivity index (χ2n) is 5.48. The summed E-state index contributed by atoms with van der Waals surface area (Å²) in [6.45, 7) is 4.66. The molecule has 0 atom stereocenters. The van der Waals surface area contributed by atoms with Gasteiger partial charge >= 0.3 is 0 Å². The lowest BCUT2D eigenvalue weighted by atomic mass is 10.1. The number of hydrogen-bond acceptors (Lipinski definition) is 2. The number of nitrogens with zero attached hydrogens (tertiary/aromatic N) is 2. The molecule has 23 heavy (non-hydrogen) atoms. The van der Waals surface area contributed by atoms with Crippen molar-refractivity contribution in [2.75, 3.05) is 13.1 Å². The zero-order valence-corrected chi connectivity index (χ0v) is 13.8. The number of likely N-dealkylation sites (tertiary alicyclic amines) is 1. The number of carbonyl (C=O) groups is 2. The molecular weight excluding hydrogens is 337 g/mol. The van der Waals surface area contributed by atoms with Gasteiger partial charge in [-0.05, 0) is 24.3 Å². The standard InChI is InChI=1S/C16H15Cl2N3O2/c1-2-16(23)21-7-11(8-21)19-15(22)9-20-4-3-10-5-12(17)13(18)6-14(10)20/h2-6,11H,1,7-9H2,(H,19,22). The SMILES string of the molecule is C=CC(=O)N1CC(NC(=O)Cn2ccc3cc(Cl)c(Cl)cc32)C1. The molecular formula is C16H15Cl2N3O2. The topological polar surface area (TPSA) is 54.3 Å². The summed E-state index contributed by atoms with van der Waals surface area (Å²) in [5, 5.41) is 4.78. The Kier molecular flexibility index (Phi) is 4.33. The van der Waals surface area contributed by atoms with E-state index in [1.807, 2.05) is 16.8 Å². The van der Waals surface area contributed by atoms with E-state index in [4.69, 9.17) is 23.2 Å². The minimum absolute atomic E-state index is 0.00809. The van der Waals surface area contributed by atoms with Crippen LogP contribution in [0.15, 0.2) is 37.1 Å². The van der Waals surface area contributed by atoms with Gasteiger partial charge in [-0.15, -0.1) is 0 Å². The Hall–Kier alpha value is -1.98. The third-order valence-corrected chi connectivity index (χ3v) is 4.58. The fourth-order valence-corrected chi connectivity index (χ4v) is 2.96. The lowest BCUT2D eigenvalue weighted by Gasteiger charge is -2.38. The largest absolute Gasteiger partial charge is 0.348 e. The van der Waals surface area contributed by atoms with Crippen molar-refractivity contribution in [1.82, 2.24) is 14.8 Å². The summed E-state index contributed by atoms with van der Waals surface area (Å²) in [6.07, 6.45) is 3.10. The molecule has 0 bridgehead atoms. The van der Waals surface area contributed by atoms with Crippen molar-refractivity contribution < 1.29 is 9.59 Å². The van der Waals surface area contributed by atoms with Crippen LogP contribution in [-0.2, 0) is 16.1 Å². The number of rotatable bonds is 4. The molecule has 1 saturated heterocycles. The maximum absolute atomic E-state index is 12.1. The summed E-state index contributed by atoms with van der Waals surface area (Å²) in [7, 11) is 0. The molecule has 0 unspecified atom stereocenters. The molecule has 0 aliphatic carbocycles. The van der Waals surface area contributed by atoms with Crippen LogP contribution in [0.25, 0.3) is 10.9 Å². The van der Waals surface area contributed by atoms with Gasteiger partial charge in [-0.25, -0.2) is 0 Å². The predicted octanol–water partition coefficient (Wildman–Crippen LogP) is 2.46. The van der Waals surface area contributed by atoms with Crippen LogP contribution in [-0.4, -0.2) is 40.4 Å². The number of fused-ring (bicyclic) bond motifs is 1. The molecule has 0 spiro atoms.